The summed E-state index contributed by atoms with van der Waals surface area (Å²) in [6.07, 6.45) is 3.81. The maximum Gasteiger partial charge on any atom is 0.216 e. The molecule has 0 bridgehead atoms. The van der Waals surface area contributed by atoms with E-state index in [0.29, 0.717) is 10.6 Å². The lowest BCUT2D eigenvalue weighted by Crippen LogP contribution is -2.05. The molecule has 26 heavy (non-hydrogen) atoms. The van der Waals surface area contributed by atoms with E-state index in [4.69, 9.17) is 17.0 Å². The predicted octanol–water partition coefficient (Wildman–Crippen LogP) is 4.74. The van der Waals surface area contributed by atoms with Gasteiger partial charge in [0.25, 0.3) is 0 Å². The number of benzene rings is 2. The lowest BCUT2D eigenvalue weighted by atomic mass is 10.1. The largest absolute Gasteiger partial charge is 0.485 e. The van der Waals surface area contributed by atoms with Crippen molar-refractivity contribution in [3.63, 3.8) is 0 Å². The Bertz CT molecular complexity index is 954. The molecule has 0 atom stereocenters. The highest BCUT2D eigenvalue weighted by Gasteiger charge is 2.09. The van der Waals surface area contributed by atoms with E-state index >= 15 is 0 Å². The van der Waals surface area contributed by atoms with Crippen LogP contribution in [0.5, 0.6) is 5.75 Å². The molecule has 7 heteroatoms. The maximum atomic E-state index is 5.96. The van der Waals surface area contributed by atoms with Gasteiger partial charge in [0, 0.05) is 4.90 Å². The minimum absolute atomic E-state index is 0.279. The van der Waals surface area contributed by atoms with Crippen LogP contribution in [0, 0.1) is 18.6 Å². The van der Waals surface area contributed by atoms with E-state index in [1.54, 1.807) is 22.7 Å². The van der Waals surface area contributed by atoms with E-state index in [1.165, 1.54) is 4.90 Å². The van der Waals surface area contributed by atoms with Crippen molar-refractivity contribution in [2.45, 2.75) is 25.3 Å². The lowest BCUT2D eigenvalue weighted by molar-refractivity contribution is 0.287. The number of nitrogens with one attached hydrogen (secondary N) is 1. The first-order valence-corrected chi connectivity index (χ1v) is 9.75. The molecule has 0 saturated heterocycles. The summed E-state index contributed by atoms with van der Waals surface area (Å²) >= 11 is 6.99. The monoisotopic (exact) mass is 384 g/mol. The fourth-order valence-electron chi connectivity index (χ4n) is 2.51. The van der Waals surface area contributed by atoms with Gasteiger partial charge in [-0.05, 0) is 61.1 Å². The van der Waals surface area contributed by atoms with Gasteiger partial charge in [-0.25, -0.2) is 5.10 Å². The number of para-hydroxylation sites is 1. The van der Waals surface area contributed by atoms with E-state index in [0.717, 1.165) is 22.4 Å². The van der Waals surface area contributed by atoms with Crippen LogP contribution in [-0.2, 0) is 6.61 Å². The van der Waals surface area contributed by atoms with Crippen LogP contribution in [0.2, 0.25) is 0 Å². The van der Waals surface area contributed by atoms with Gasteiger partial charge in [0.15, 0.2) is 5.82 Å². The average molecular weight is 385 g/mol. The first-order valence-electron chi connectivity index (χ1n) is 8.12. The topological polar surface area (TPSA) is 55.2 Å². The zero-order chi connectivity index (χ0) is 18.5. The number of hydrogen-bond acceptors (Lipinski definition) is 5. The normalized spacial score (nSPS) is 11.2. The van der Waals surface area contributed by atoms with Crippen molar-refractivity contribution in [3.05, 3.63) is 69.8 Å². The van der Waals surface area contributed by atoms with Crippen LogP contribution in [0.4, 0.5) is 0 Å². The molecule has 3 aromatic rings. The molecule has 0 aliphatic carbocycles. The first kappa shape index (κ1) is 18.4. The second-order valence-electron chi connectivity index (χ2n) is 5.78. The van der Waals surface area contributed by atoms with Crippen LogP contribution in [0.15, 0.2) is 52.5 Å². The number of rotatable bonds is 6. The van der Waals surface area contributed by atoms with E-state index in [-0.39, 0.29) is 6.61 Å². The molecular weight excluding hydrogens is 364 g/mol. The third-order valence-corrected chi connectivity index (χ3v) is 4.92. The Kier molecular flexibility index (Phi) is 5.90. The first-order chi connectivity index (χ1) is 12.6. The summed E-state index contributed by atoms with van der Waals surface area (Å²) in [5.74, 6) is 1.49. The number of aromatic nitrogens is 3. The minimum Gasteiger partial charge on any atom is -0.485 e. The number of ether oxygens (including phenoxy) is 1. The zero-order valence-corrected chi connectivity index (χ0v) is 16.5. The zero-order valence-electron chi connectivity index (χ0n) is 14.9. The van der Waals surface area contributed by atoms with Crippen LogP contribution in [0.25, 0.3) is 0 Å². The van der Waals surface area contributed by atoms with E-state index in [1.807, 2.05) is 44.2 Å². The molecule has 2 aromatic carbocycles. The van der Waals surface area contributed by atoms with Crippen molar-refractivity contribution in [2.24, 2.45) is 5.10 Å². The molecule has 134 valence electrons. The molecule has 5 nitrogen and oxygen atoms in total. The van der Waals surface area contributed by atoms with Gasteiger partial charge < -0.3 is 4.74 Å². The third-order valence-electron chi connectivity index (χ3n) is 3.91. The Hall–Kier alpha value is -2.38. The lowest BCUT2D eigenvalue weighted by Gasteiger charge is -2.11. The molecule has 1 aromatic heterocycles. The highest BCUT2D eigenvalue weighted by molar-refractivity contribution is 7.98. The molecule has 0 saturated carbocycles. The van der Waals surface area contributed by atoms with Gasteiger partial charge in [0.2, 0.25) is 4.77 Å². The fourth-order valence-corrected chi connectivity index (χ4v) is 3.12. The predicted molar refractivity (Wildman–Crippen MR) is 109 cm³/mol. The number of thioether (sulfide) groups is 1. The summed E-state index contributed by atoms with van der Waals surface area (Å²) in [5.41, 5.74) is 3.17. The molecule has 0 fully saturated rings. The van der Waals surface area contributed by atoms with E-state index in [2.05, 4.69) is 33.7 Å². The highest BCUT2D eigenvalue weighted by atomic mass is 32.2. The molecular formula is C19H20N4OS2. The second kappa shape index (κ2) is 8.33. The maximum absolute atomic E-state index is 5.96. The Labute approximate surface area is 162 Å². The Balaban J connectivity index is 1.78. The van der Waals surface area contributed by atoms with Crippen LogP contribution in [0.3, 0.4) is 0 Å². The molecule has 3 rings (SSSR count). The van der Waals surface area contributed by atoms with Gasteiger partial charge in [0.05, 0.1) is 6.21 Å². The smallest absolute Gasteiger partial charge is 0.216 e. The Morgan fingerprint density at radius 1 is 1.19 bits per heavy atom. The van der Waals surface area contributed by atoms with Crippen LogP contribution in [-0.4, -0.2) is 27.3 Å². The highest BCUT2D eigenvalue weighted by Crippen LogP contribution is 2.23. The van der Waals surface area contributed by atoms with Crippen molar-refractivity contribution in [1.82, 2.24) is 14.9 Å². The van der Waals surface area contributed by atoms with Gasteiger partial charge in [-0.3, -0.25) is 0 Å². The van der Waals surface area contributed by atoms with E-state index in [9.17, 15) is 0 Å². The number of hydrogen-bond donors (Lipinski definition) is 1. The van der Waals surface area contributed by atoms with Crippen LogP contribution >= 0.6 is 24.0 Å². The van der Waals surface area contributed by atoms with Gasteiger partial charge in [-0.1, -0.05) is 30.3 Å². The molecule has 0 aliphatic rings. The van der Waals surface area contributed by atoms with Crippen molar-refractivity contribution in [3.8, 4) is 5.75 Å². The number of aromatic amines is 1. The standard InChI is InChI=1S/C19H20N4OS2/c1-13-5-4-6-14(2)18(13)24-12-17-21-22-19(25)23(17)20-11-15-7-9-16(26-3)10-8-15/h4-11H,12H2,1-3H3,(H,22,25)/b20-11-. The summed E-state index contributed by atoms with van der Waals surface area (Å²) in [6, 6.07) is 14.2. The molecule has 0 aliphatic heterocycles. The summed E-state index contributed by atoms with van der Waals surface area (Å²) in [5, 5.41) is 11.5. The minimum atomic E-state index is 0.279. The van der Waals surface area contributed by atoms with Crippen molar-refractivity contribution >= 4 is 30.2 Å². The Morgan fingerprint density at radius 3 is 2.54 bits per heavy atom. The van der Waals surface area contributed by atoms with Crippen molar-refractivity contribution < 1.29 is 4.74 Å². The summed E-state index contributed by atoms with van der Waals surface area (Å²) in [6.45, 7) is 4.33. The van der Waals surface area contributed by atoms with Crippen molar-refractivity contribution in [1.29, 1.82) is 0 Å². The SMILES string of the molecule is CSc1ccc(/C=N\n2c(COc3c(C)cccc3C)n[nH]c2=S)cc1. The fraction of sp³-hybridized carbons (Fsp3) is 0.211. The van der Waals surface area contributed by atoms with Crippen molar-refractivity contribution in [2.75, 3.05) is 6.26 Å². The van der Waals surface area contributed by atoms with Crippen LogP contribution < -0.4 is 4.74 Å². The summed E-state index contributed by atoms with van der Waals surface area (Å²) in [4.78, 5) is 1.21. The van der Waals surface area contributed by atoms with E-state index < -0.39 is 0 Å². The molecule has 0 radical (unpaired) electrons. The number of H-pyrrole nitrogens is 1. The molecule has 1 heterocycles. The van der Waals surface area contributed by atoms with Gasteiger partial charge in [0.1, 0.15) is 12.4 Å². The van der Waals surface area contributed by atoms with Gasteiger partial charge in [-0.2, -0.15) is 14.9 Å². The molecule has 0 amide bonds. The summed E-state index contributed by atoms with van der Waals surface area (Å²) in [7, 11) is 0. The second-order valence-corrected chi connectivity index (χ2v) is 7.05. The molecule has 1 N–H and O–H groups in total. The van der Waals surface area contributed by atoms with Gasteiger partial charge >= 0.3 is 0 Å². The summed E-state index contributed by atoms with van der Waals surface area (Å²) < 4.78 is 7.98. The average Bonchev–Trinajstić information content (AvgIpc) is 3.00. The van der Waals surface area contributed by atoms with Crippen LogP contribution in [0.1, 0.15) is 22.5 Å². The molecule has 0 unspecified atom stereocenters. The van der Waals surface area contributed by atoms with Gasteiger partial charge in [-0.15, -0.1) is 11.8 Å². The quantitative estimate of drug-likeness (QED) is 0.379. The number of aryl methyl sites for hydroxylation is 2. The third kappa shape index (κ3) is 4.23. The molecule has 0 spiro atoms. The Morgan fingerprint density at radius 2 is 1.88 bits per heavy atom. The number of nitrogens with zero attached hydrogens (tertiary/aromatic N) is 3.